The second kappa shape index (κ2) is 4.95. The molecule has 4 nitrogen and oxygen atoms in total. The van der Waals surface area contributed by atoms with E-state index in [0.29, 0.717) is 0 Å². The smallest absolute Gasteiger partial charge is 0.435 e. The Labute approximate surface area is 93.5 Å². The standard InChI is InChI=1S/C10H17F2NO3/c1-4-15-9(14)16-8-5-13(7(2)3)6-10(8,11)12/h7-8H,4-6H2,1-3H3. The van der Waals surface area contributed by atoms with Crippen molar-refractivity contribution < 1.29 is 23.0 Å². The van der Waals surface area contributed by atoms with Gasteiger partial charge in [-0.3, -0.25) is 4.90 Å². The highest BCUT2D eigenvalue weighted by Crippen LogP contribution is 2.31. The molecule has 0 aromatic carbocycles. The number of carbonyl (C=O) groups is 1. The lowest BCUT2D eigenvalue weighted by molar-refractivity contribution is -0.0924. The average Bonchev–Trinajstić information content (AvgIpc) is 2.42. The normalized spacial score (nSPS) is 24.8. The number of carbonyl (C=O) groups excluding carboxylic acids is 1. The number of hydrogen-bond donors (Lipinski definition) is 0. The molecular weight excluding hydrogens is 220 g/mol. The van der Waals surface area contributed by atoms with Crippen molar-refractivity contribution in [1.29, 1.82) is 0 Å². The summed E-state index contributed by atoms with van der Waals surface area (Å²) in [5.74, 6) is -3.00. The van der Waals surface area contributed by atoms with E-state index < -0.39 is 18.2 Å². The molecule has 1 saturated heterocycles. The van der Waals surface area contributed by atoms with Gasteiger partial charge in [0.05, 0.1) is 13.2 Å². The summed E-state index contributed by atoms with van der Waals surface area (Å²) in [6, 6.07) is 0.00155. The van der Waals surface area contributed by atoms with Crippen molar-refractivity contribution >= 4 is 6.16 Å². The number of hydrogen-bond acceptors (Lipinski definition) is 4. The molecule has 0 spiro atoms. The lowest BCUT2D eigenvalue weighted by atomic mass is 10.2. The number of ether oxygens (including phenoxy) is 2. The number of alkyl halides is 2. The first-order valence-electron chi connectivity index (χ1n) is 5.32. The molecule has 0 radical (unpaired) electrons. The minimum Gasteiger partial charge on any atom is -0.435 e. The largest absolute Gasteiger partial charge is 0.508 e. The first-order valence-corrected chi connectivity index (χ1v) is 5.32. The van der Waals surface area contributed by atoms with E-state index in [1.54, 1.807) is 11.8 Å². The fourth-order valence-corrected chi connectivity index (χ4v) is 1.57. The molecule has 0 bridgehead atoms. The van der Waals surface area contributed by atoms with Crippen LogP contribution in [0.1, 0.15) is 20.8 Å². The Bertz CT molecular complexity index is 258. The first kappa shape index (κ1) is 13.2. The number of halogens is 2. The van der Waals surface area contributed by atoms with Crippen molar-refractivity contribution in [3.05, 3.63) is 0 Å². The van der Waals surface area contributed by atoms with E-state index in [9.17, 15) is 13.6 Å². The average molecular weight is 237 g/mol. The molecule has 0 aromatic rings. The van der Waals surface area contributed by atoms with E-state index >= 15 is 0 Å². The van der Waals surface area contributed by atoms with E-state index in [2.05, 4.69) is 9.47 Å². The molecule has 1 aliphatic heterocycles. The van der Waals surface area contributed by atoms with Crippen LogP contribution in [0, 0.1) is 0 Å². The lowest BCUT2D eigenvalue weighted by Gasteiger charge is -2.18. The fraction of sp³-hybridized carbons (Fsp3) is 0.900. The van der Waals surface area contributed by atoms with Gasteiger partial charge in [-0.15, -0.1) is 0 Å². The quantitative estimate of drug-likeness (QED) is 0.703. The van der Waals surface area contributed by atoms with Crippen molar-refractivity contribution in [1.82, 2.24) is 4.90 Å². The molecular formula is C10H17F2NO3. The fourth-order valence-electron chi connectivity index (χ4n) is 1.57. The van der Waals surface area contributed by atoms with E-state index in [-0.39, 0.29) is 25.7 Å². The first-order chi connectivity index (χ1) is 7.36. The van der Waals surface area contributed by atoms with Crippen LogP contribution in [0.4, 0.5) is 13.6 Å². The monoisotopic (exact) mass is 237 g/mol. The maximum Gasteiger partial charge on any atom is 0.508 e. The Hall–Kier alpha value is -0.910. The predicted molar refractivity (Wildman–Crippen MR) is 53.6 cm³/mol. The zero-order valence-corrected chi connectivity index (χ0v) is 9.70. The summed E-state index contributed by atoms with van der Waals surface area (Å²) >= 11 is 0. The highest BCUT2D eigenvalue weighted by atomic mass is 19.3. The highest BCUT2D eigenvalue weighted by Gasteiger charge is 2.51. The lowest BCUT2D eigenvalue weighted by Crippen LogP contribution is -2.36. The van der Waals surface area contributed by atoms with Crippen LogP contribution in [0.3, 0.4) is 0 Å². The summed E-state index contributed by atoms with van der Waals surface area (Å²) in [5.41, 5.74) is 0. The van der Waals surface area contributed by atoms with Crippen molar-refractivity contribution in [3.8, 4) is 0 Å². The van der Waals surface area contributed by atoms with Crippen molar-refractivity contribution in [2.75, 3.05) is 19.7 Å². The van der Waals surface area contributed by atoms with Crippen LogP contribution in [0.25, 0.3) is 0 Å². The summed E-state index contributed by atoms with van der Waals surface area (Å²) in [5, 5.41) is 0. The van der Waals surface area contributed by atoms with Crippen LogP contribution < -0.4 is 0 Å². The van der Waals surface area contributed by atoms with Gasteiger partial charge >= 0.3 is 6.16 Å². The third-order valence-electron chi connectivity index (χ3n) is 2.52. The van der Waals surface area contributed by atoms with Gasteiger partial charge in [0.2, 0.25) is 0 Å². The molecule has 0 saturated carbocycles. The molecule has 16 heavy (non-hydrogen) atoms. The van der Waals surface area contributed by atoms with Crippen molar-refractivity contribution in [2.45, 2.75) is 38.8 Å². The topological polar surface area (TPSA) is 38.8 Å². The van der Waals surface area contributed by atoms with E-state index in [1.165, 1.54) is 0 Å². The second-order valence-electron chi connectivity index (χ2n) is 4.07. The van der Waals surface area contributed by atoms with Gasteiger partial charge < -0.3 is 9.47 Å². The van der Waals surface area contributed by atoms with Crippen LogP contribution >= 0.6 is 0 Å². The molecule has 1 fully saturated rings. The molecule has 0 N–H and O–H groups in total. The summed E-state index contributed by atoms with van der Waals surface area (Å²) in [7, 11) is 0. The van der Waals surface area contributed by atoms with E-state index in [1.807, 2.05) is 13.8 Å². The third kappa shape index (κ3) is 3.04. The molecule has 0 aliphatic carbocycles. The van der Waals surface area contributed by atoms with Crippen LogP contribution in [0.2, 0.25) is 0 Å². The third-order valence-corrected chi connectivity index (χ3v) is 2.52. The maximum atomic E-state index is 13.4. The molecule has 1 rings (SSSR count). The minimum absolute atomic E-state index is 0.00155. The Morgan fingerprint density at radius 2 is 2.19 bits per heavy atom. The van der Waals surface area contributed by atoms with Gasteiger partial charge in [0.1, 0.15) is 0 Å². The molecule has 94 valence electrons. The zero-order valence-electron chi connectivity index (χ0n) is 9.70. The van der Waals surface area contributed by atoms with Crippen molar-refractivity contribution in [3.63, 3.8) is 0 Å². The van der Waals surface area contributed by atoms with Gasteiger partial charge in [0.25, 0.3) is 5.92 Å². The van der Waals surface area contributed by atoms with Gasteiger partial charge in [-0.25, -0.2) is 13.6 Å². The SMILES string of the molecule is CCOC(=O)OC1CN(C(C)C)CC1(F)F. The number of rotatable bonds is 3. The van der Waals surface area contributed by atoms with Crippen LogP contribution in [0.15, 0.2) is 0 Å². The number of nitrogens with zero attached hydrogens (tertiary/aromatic N) is 1. The molecule has 6 heteroatoms. The summed E-state index contributed by atoms with van der Waals surface area (Å²) in [6.45, 7) is 5.02. The van der Waals surface area contributed by atoms with Crippen LogP contribution in [-0.2, 0) is 9.47 Å². The minimum atomic E-state index is -3.00. The van der Waals surface area contributed by atoms with E-state index in [0.717, 1.165) is 0 Å². The zero-order chi connectivity index (χ0) is 12.3. The maximum absolute atomic E-state index is 13.4. The number of likely N-dealkylation sites (tertiary alicyclic amines) is 1. The second-order valence-corrected chi connectivity index (χ2v) is 4.07. The Morgan fingerprint density at radius 1 is 1.56 bits per heavy atom. The Morgan fingerprint density at radius 3 is 2.62 bits per heavy atom. The summed E-state index contributed by atoms with van der Waals surface area (Å²) < 4.78 is 36.0. The summed E-state index contributed by atoms with van der Waals surface area (Å²) in [4.78, 5) is 12.5. The molecule has 1 atom stereocenters. The Kier molecular flexibility index (Phi) is 4.07. The Balaban J connectivity index is 2.56. The molecule has 0 aromatic heterocycles. The van der Waals surface area contributed by atoms with Crippen LogP contribution in [-0.4, -0.2) is 48.8 Å². The molecule has 0 amide bonds. The van der Waals surface area contributed by atoms with E-state index in [4.69, 9.17) is 0 Å². The van der Waals surface area contributed by atoms with Crippen molar-refractivity contribution in [2.24, 2.45) is 0 Å². The van der Waals surface area contributed by atoms with Gasteiger partial charge in [-0.2, -0.15) is 0 Å². The molecule has 1 aliphatic rings. The highest BCUT2D eigenvalue weighted by molar-refractivity contribution is 5.60. The van der Waals surface area contributed by atoms with Gasteiger partial charge in [-0.1, -0.05) is 0 Å². The molecule has 1 heterocycles. The van der Waals surface area contributed by atoms with Gasteiger partial charge in [0.15, 0.2) is 6.10 Å². The molecule has 1 unspecified atom stereocenters. The van der Waals surface area contributed by atoms with Gasteiger partial charge in [-0.05, 0) is 20.8 Å². The van der Waals surface area contributed by atoms with Crippen LogP contribution in [0.5, 0.6) is 0 Å². The van der Waals surface area contributed by atoms with Gasteiger partial charge in [0, 0.05) is 12.6 Å². The summed E-state index contributed by atoms with van der Waals surface area (Å²) in [6.07, 6.45) is -2.44. The predicted octanol–water partition coefficient (Wildman–Crippen LogP) is 1.89.